The molecule has 84 valence electrons. The Morgan fingerprint density at radius 3 is 2.88 bits per heavy atom. The SMILES string of the molecule is CCc1csc(Oc2c(C)cccc2N)n1. The Morgan fingerprint density at radius 1 is 1.44 bits per heavy atom. The van der Waals surface area contributed by atoms with Crippen LogP contribution in [-0.2, 0) is 6.42 Å². The summed E-state index contributed by atoms with van der Waals surface area (Å²) in [5.74, 6) is 0.708. The second kappa shape index (κ2) is 4.53. The number of nitrogen functional groups attached to an aromatic ring is 1. The predicted octanol–water partition coefficient (Wildman–Crippen LogP) is 3.39. The van der Waals surface area contributed by atoms with Gasteiger partial charge in [-0.15, -0.1) is 0 Å². The third-order valence-electron chi connectivity index (χ3n) is 2.32. The summed E-state index contributed by atoms with van der Waals surface area (Å²) in [6.07, 6.45) is 0.920. The first kappa shape index (κ1) is 11.0. The molecule has 4 heteroatoms. The molecular weight excluding hydrogens is 220 g/mol. The first-order valence-electron chi connectivity index (χ1n) is 5.18. The van der Waals surface area contributed by atoms with Gasteiger partial charge >= 0.3 is 0 Å². The number of hydrogen-bond donors (Lipinski definition) is 1. The molecule has 0 bridgehead atoms. The minimum atomic E-state index is 0.647. The maximum Gasteiger partial charge on any atom is 0.278 e. The third-order valence-corrected chi connectivity index (χ3v) is 3.09. The molecule has 1 heterocycles. The van der Waals surface area contributed by atoms with E-state index in [0.29, 0.717) is 16.6 Å². The van der Waals surface area contributed by atoms with Crippen molar-refractivity contribution in [1.82, 2.24) is 4.98 Å². The predicted molar refractivity (Wildman–Crippen MR) is 67.2 cm³/mol. The molecular formula is C12H14N2OS. The normalized spacial score (nSPS) is 10.4. The molecule has 0 spiro atoms. The summed E-state index contributed by atoms with van der Waals surface area (Å²) < 4.78 is 5.70. The highest BCUT2D eigenvalue weighted by Gasteiger charge is 2.08. The lowest BCUT2D eigenvalue weighted by atomic mass is 10.2. The molecule has 0 unspecified atom stereocenters. The lowest BCUT2D eigenvalue weighted by molar-refractivity contribution is 0.476. The van der Waals surface area contributed by atoms with Gasteiger partial charge in [0.15, 0.2) is 5.75 Å². The van der Waals surface area contributed by atoms with Gasteiger partial charge in [0.2, 0.25) is 0 Å². The molecule has 1 aromatic carbocycles. The minimum absolute atomic E-state index is 0.647. The van der Waals surface area contributed by atoms with E-state index in [-0.39, 0.29) is 0 Å². The molecule has 0 fully saturated rings. The Balaban J connectivity index is 2.26. The highest BCUT2D eigenvalue weighted by atomic mass is 32.1. The van der Waals surface area contributed by atoms with E-state index in [0.717, 1.165) is 17.7 Å². The zero-order valence-electron chi connectivity index (χ0n) is 9.36. The Hall–Kier alpha value is -1.55. The fourth-order valence-electron chi connectivity index (χ4n) is 1.40. The number of hydrogen-bond acceptors (Lipinski definition) is 4. The number of para-hydroxylation sites is 1. The molecule has 2 N–H and O–H groups in total. The molecule has 3 nitrogen and oxygen atoms in total. The van der Waals surface area contributed by atoms with E-state index in [1.54, 1.807) is 0 Å². The fourth-order valence-corrected chi connectivity index (χ4v) is 2.16. The van der Waals surface area contributed by atoms with E-state index in [4.69, 9.17) is 10.5 Å². The van der Waals surface area contributed by atoms with E-state index < -0.39 is 0 Å². The van der Waals surface area contributed by atoms with Gasteiger partial charge in [0.25, 0.3) is 5.19 Å². The van der Waals surface area contributed by atoms with Gasteiger partial charge in [0.1, 0.15) is 0 Å². The average molecular weight is 234 g/mol. The maximum atomic E-state index is 5.86. The number of benzene rings is 1. The minimum Gasteiger partial charge on any atom is -0.428 e. The van der Waals surface area contributed by atoms with Gasteiger partial charge < -0.3 is 10.5 Å². The summed E-state index contributed by atoms with van der Waals surface area (Å²) in [6.45, 7) is 4.04. The topological polar surface area (TPSA) is 48.1 Å². The van der Waals surface area contributed by atoms with Crippen LogP contribution < -0.4 is 10.5 Å². The average Bonchev–Trinajstić information content (AvgIpc) is 2.71. The number of nitrogens with zero attached hydrogens (tertiary/aromatic N) is 1. The molecule has 0 saturated heterocycles. The first-order chi connectivity index (χ1) is 7.70. The van der Waals surface area contributed by atoms with E-state index in [9.17, 15) is 0 Å². The highest BCUT2D eigenvalue weighted by molar-refractivity contribution is 7.11. The van der Waals surface area contributed by atoms with Crippen LogP contribution in [0.25, 0.3) is 0 Å². The first-order valence-corrected chi connectivity index (χ1v) is 6.06. The molecule has 0 aliphatic rings. The fraction of sp³-hybridized carbons (Fsp3) is 0.250. The van der Waals surface area contributed by atoms with Crippen LogP contribution in [-0.4, -0.2) is 4.98 Å². The van der Waals surface area contributed by atoms with Gasteiger partial charge in [-0.2, -0.15) is 0 Å². The van der Waals surface area contributed by atoms with E-state index in [1.807, 2.05) is 30.5 Å². The van der Waals surface area contributed by atoms with Crippen LogP contribution in [0.4, 0.5) is 5.69 Å². The maximum absolute atomic E-state index is 5.86. The van der Waals surface area contributed by atoms with Crippen LogP contribution >= 0.6 is 11.3 Å². The molecule has 1 aromatic heterocycles. The molecule has 0 saturated carbocycles. The molecule has 2 rings (SSSR count). The molecule has 0 amide bonds. The van der Waals surface area contributed by atoms with Gasteiger partial charge in [-0.25, -0.2) is 4.98 Å². The van der Waals surface area contributed by atoms with Gasteiger partial charge in [0.05, 0.1) is 11.4 Å². The van der Waals surface area contributed by atoms with Crippen molar-refractivity contribution in [2.75, 3.05) is 5.73 Å². The van der Waals surface area contributed by atoms with Gasteiger partial charge in [-0.05, 0) is 25.0 Å². The van der Waals surface area contributed by atoms with Crippen molar-refractivity contribution >= 4 is 17.0 Å². The second-order valence-electron chi connectivity index (χ2n) is 3.55. The van der Waals surface area contributed by atoms with Crippen LogP contribution in [0.1, 0.15) is 18.2 Å². The van der Waals surface area contributed by atoms with Crippen LogP contribution in [0.2, 0.25) is 0 Å². The van der Waals surface area contributed by atoms with Crippen molar-refractivity contribution < 1.29 is 4.74 Å². The van der Waals surface area contributed by atoms with Gasteiger partial charge in [0, 0.05) is 5.38 Å². The van der Waals surface area contributed by atoms with Crippen molar-refractivity contribution in [1.29, 1.82) is 0 Å². The summed E-state index contributed by atoms with van der Waals surface area (Å²) in [5, 5.41) is 2.65. The number of aryl methyl sites for hydroxylation is 2. The van der Waals surface area contributed by atoms with Crippen LogP contribution in [0.15, 0.2) is 23.6 Å². The molecule has 0 radical (unpaired) electrons. The third kappa shape index (κ3) is 2.17. The second-order valence-corrected chi connectivity index (χ2v) is 4.37. The van der Waals surface area contributed by atoms with Crippen molar-refractivity contribution in [3.8, 4) is 10.9 Å². The number of thiazole rings is 1. The van der Waals surface area contributed by atoms with Crippen LogP contribution in [0.3, 0.4) is 0 Å². The molecule has 0 aliphatic carbocycles. The molecule has 2 aromatic rings. The molecule has 0 atom stereocenters. The standard InChI is InChI=1S/C12H14N2OS/c1-3-9-7-16-12(14-9)15-11-8(2)5-4-6-10(11)13/h4-7H,3,13H2,1-2H3. The summed E-state index contributed by atoms with van der Waals surface area (Å²) in [4.78, 5) is 4.35. The summed E-state index contributed by atoms with van der Waals surface area (Å²) >= 11 is 1.50. The Bertz CT molecular complexity index is 473. The Kier molecular flexibility index (Phi) is 3.10. The van der Waals surface area contributed by atoms with Crippen molar-refractivity contribution in [3.05, 3.63) is 34.8 Å². The van der Waals surface area contributed by atoms with E-state index in [1.165, 1.54) is 11.3 Å². The summed E-state index contributed by atoms with van der Waals surface area (Å²) in [7, 11) is 0. The quantitative estimate of drug-likeness (QED) is 0.828. The summed E-state index contributed by atoms with van der Waals surface area (Å²) in [5.41, 5.74) is 8.58. The largest absolute Gasteiger partial charge is 0.428 e. The van der Waals surface area contributed by atoms with Crippen molar-refractivity contribution in [2.24, 2.45) is 0 Å². The smallest absolute Gasteiger partial charge is 0.278 e. The monoisotopic (exact) mass is 234 g/mol. The van der Waals surface area contributed by atoms with E-state index >= 15 is 0 Å². The van der Waals surface area contributed by atoms with Crippen molar-refractivity contribution in [3.63, 3.8) is 0 Å². The number of aromatic nitrogens is 1. The zero-order chi connectivity index (χ0) is 11.5. The van der Waals surface area contributed by atoms with E-state index in [2.05, 4.69) is 11.9 Å². The number of anilines is 1. The summed E-state index contributed by atoms with van der Waals surface area (Å²) in [6, 6.07) is 5.72. The lowest BCUT2D eigenvalue weighted by Gasteiger charge is -2.08. The Labute approximate surface area is 98.9 Å². The van der Waals surface area contributed by atoms with Crippen LogP contribution in [0, 0.1) is 6.92 Å². The van der Waals surface area contributed by atoms with Gasteiger partial charge in [-0.1, -0.05) is 30.4 Å². The van der Waals surface area contributed by atoms with Crippen molar-refractivity contribution in [2.45, 2.75) is 20.3 Å². The molecule has 0 aliphatic heterocycles. The Morgan fingerprint density at radius 2 is 2.25 bits per heavy atom. The molecule has 16 heavy (non-hydrogen) atoms. The lowest BCUT2D eigenvalue weighted by Crippen LogP contribution is -1.94. The highest BCUT2D eigenvalue weighted by Crippen LogP contribution is 2.32. The number of ether oxygens (including phenoxy) is 1. The number of rotatable bonds is 3. The zero-order valence-corrected chi connectivity index (χ0v) is 10.2. The number of nitrogens with two attached hydrogens (primary N) is 1. The van der Waals surface area contributed by atoms with Crippen LogP contribution in [0.5, 0.6) is 10.9 Å². The van der Waals surface area contributed by atoms with Gasteiger partial charge in [-0.3, -0.25) is 0 Å².